The number of nitrogens with two attached hydrogens (primary N) is 1. The first-order valence-electron chi connectivity index (χ1n) is 15.3. The molecule has 49 heavy (non-hydrogen) atoms. The summed E-state index contributed by atoms with van der Waals surface area (Å²) in [5.41, 5.74) is 1.59. The van der Waals surface area contributed by atoms with Crippen molar-refractivity contribution in [1.82, 2.24) is 4.90 Å². The molecule has 1 saturated carbocycles. The largest absolute Gasteiger partial charge is 0.508 e. The highest BCUT2D eigenvalue weighted by Gasteiger charge is 2.68. The molecule has 3 aliphatic rings. The highest BCUT2D eigenvalue weighted by atomic mass is 16.4. The van der Waals surface area contributed by atoms with Crippen LogP contribution in [0.3, 0.4) is 0 Å². The smallest absolute Gasteiger partial charge is 0.255 e. The first-order chi connectivity index (χ1) is 23.1. The molecular weight excluding hydrogens is 634 g/mol. The zero-order valence-electron chi connectivity index (χ0n) is 26.5. The summed E-state index contributed by atoms with van der Waals surface area (Å²) < 4.78 is 0. The van der Waals surface area contributed by atoms with Gasteiger partial charge in [-0.15, -0.1) is 0 Å². The molecule has 0 heterocycles. The minimum Gasteiger partial charge on any atom is -0.508 e. The number of primary amides is 1. The molecule has 1 fully saturated rings. The number of fused-ring (bicyclic) bond motifs is 3. The Hall–Kier alpha value is -5.63. The summed E-state index contributed by atoms with van der Waals surface area (Å²) in [4.78, 5) is 66.9. The van der Waals surface area contributed by atoms with E-state index in [0.29, 0.717) is 11.1 Å². The third-order valence-corrected chi connectivity index (χ3v) is 9.82. The minimum absolute atomic E-state index is 0.145. The Morgan fingerprint density at radius 3 is 2.06 bits per heavy atom. The van der Waals surface area contributed by atoms with Crippen molar-refractivity contribution in [2.45, 2.75) is 30.6 Å². The molecule has 0 aliphatic heterocycles. The summed E-state index contributed by atoms with van der Waals surface area (Å²) in [5.74, 6) is -11.1. The van der Waals surface area contributed by atoms with Gasteiger partial charge >= 0.3 is 0 Å². The number of carbonyl (C=O) groups is 5. The van der Waals surface area contributed by atoms with E-state index in [1.165, 1.54) is 55.4 Å². The fraction of sp³-hybridized carbons (Fsp3) is 0.250. The van der Waals surface area contributed by atoms with Gasteiger partial charge in [-0.2, -0.15) is 0 Å². The van der Waals surface area contributed by atoms with Gasteiger partial charge in [-0.05, 0) is 43.8 Å². The molecule has 6 atom stereocenters. The Balaban J connectivity index is 1.38. The molecule has 0 spiro atoms. The van der Waals surface area contributed by atoms with Crippen LogP contribution in [0.1, 0.15) is 50.2 Å². The molecule has 13 nitrogen and oxygen atoms in total. The number of hydrogen-bond donors (Lipinski definition) is 7. The number of rotatable bonds is 6. The number of phenolic OH excluding ortho intramolecular Hbond substituents is 1. The Morgan fingerprint density at radius 1 is 0.878 bits per heavy atom. The van der Waals surface area contributed by atoms with Crippen LogP contribution in [0.4, 0.5) is 5.69 Å². The fourth-order valence-corrected chi connectivity index (χ4v) is 7.44. The molecule has 13 heteroatoms. The summed E-state index contributed by atoms with van der Waals surface area (Å²) in [6, 6.07) is 15.8. The van der Waals surface area contributed by atoms with Crippen LogP contribution in [0.25, 0.3) is 5.76 Å². The van der Waals surface area contributed by atoms with Gasteiger partial charge in [0.05, 0.1) is 29.3 Å². The fourth-order valence-electron chi connectivity index (χ4n) is 7.44. The first-order valence-corrected chi connectivity index (χ1v) is 15.3. The predicted molar refractivity (Wildman–Crippen MR) is 175 cm³/mol. The second-order valence-corrected chi connectivity index (χ2v) is 12.7. The standard InChI is InChI=1S/C36H33N3O10/c1-15-19-13-14-20(38-35(48)18-11-9-17(10-12-18)27(40)16-7-5-4-6-8-16)28(41)22(19)29(42)23-21(15)30(43)25-26(39(2)3)31(44)24(34(37)47)33(46)36(25,49)32(23)45/h4-15,21,25-26,30,41-43,46,49H,1-3H3,(H2,37,47)(H,38,48)/t15-,21+,25+,26+,30+,36-/m0/s1. The van der Waals surface area contributed by atoms with E-state index in [2.05, 4.69) is 5.32 Å². The van der Waals surface area contributed by atoms with Gasteiger partial charge in [0.25, 0.3) is 11.8 Å². The molecule has 0 radical (unpaired) electrons. The number of aromatic hydroxyl groups is 1. The van der Waals surface area contributed by atoms with Gasteiger partial charge in [0.2, 0.25) is 5.78 Å². The summed E-state index contributed by atoms with van der Waals surface area (Å²) in [5, 5.41) is 60.1. The number of nitrogens with one attached hydrogen (secondary N) is 1. The summed E-state index contributed by atoms with van der Waals surface area (Å²) in [6.07, 6.45) is -1.73. The maximum atomic E-state index is 14.2. The first kappa shape index (κ1) is 33.3. The van der Waals surface area contributed by atoms with Crippen molar-refractivity contribution >= 4 is 40.6 Å². The van der Waals surface area contributed by atoms with Crippen molar-refractivity contribution in [3.63, 3.8) is 0 Å². The summed E-state index contributed by atoms with van der Waals surface area (Å²) in [7, 11) is 2.85. The molecule has 3 aromatic rings. The van der Waals surface area contributed by atoms with E-state index >= 15 is 0 Å². The monoisotopic (exact) mass is 667 g/mol. The Morgan fingerprint density at radius 2 is 1.47 bits per heavy atom. The molecule has 3 aliphatic carbocycles. The number of aliphatic hydroxyl groups is 4. The maximum Gasteiger partial charge on any atom is 0.255 e. The van der Waals surface area contributed by atoms with E-state index in [1.54, 1.807) is 37.3 Å². The molecule has 8 N–H and O–H groups in total. The number of ketones is 3. The summed E-state index contributed by atoms with van der Waals surface area (Å²) >= 11 is 0. The molecular formula is C36H33N3O10. The average molecular weight is 668 g/mol. The lowest BCUT2D eigenvalue weighted by Gasteiger charge is -2.53. The van der Waals surface area contributed by atoms with Crippen molar-refractivity contribution < 1.29 is 49.5 Å². The van der Waals surface area contributed by atoms with Gasteiger partial charge < -0.3 is 36.6 Å². The number of hydrogen-bond acceptors (Lipinski definition) is 11. The molecule has 0 unspecified atom stereocenters. The van der Waals surface area contributed by atoms with E-state index in [4.69, 9.17) is 5.73 Å². The molecule has 2 amide bonds. The second kappa shape index (κ2) is 11.8. The number of aliphatic hydroxyl groups excluding tert-OH is 3. The van der Waals surface area contributed by atoms with Gasteiger partial charge in [0.1, 0.15) is 22.8 Å². The number of anilines is 1. The zero-order chi connectivity index (χ0) is 35.7. The van der Waals surface area contributed by atoms with Crippen LogP contribution in [-0.4, -0.2) is 91.4 Å². The van der Waals surface area contributed by atoms with Gasteiger partial charge in [0, 0.05) is 28.2 Å². The quantitative estimate of drug-likeness (QED) is 0.114. The second-order valence-electron chi connectivity index (χ2n) is 12.7. The van der Waals surface area contributed by atoms with E-state index < -0.39 is 87.3 Å². The number of carbonyl (C=O) groups excluding carboxylic acids is 5. The van der Waals surface area contributed by atoms with Crippen molar-refractivity contribution in [1.29, 1.82) is 0 Å². The molecule has 252 valence electrons. The molecule has 0 aromatic heterocycles. The van der Waals surface area contributed by atoms with Crippen LogP contribution in [0.2, 0.25) is 0 Å². The Kier molecular flexibility index (Phi) is 8.02. The zero-order valence-corrected chi connectivity index (χ0v) is 26.5. The van der Waals surface area contributed by atoms with Crippen LogP contribution in [0, 0.1) is 11.8 Å². The van der Waals surface area contributed by atoms with E-state index in [9.17, 15) is 49.5 Å². The van der Waals surface area contributed by atoms with Gasteiger partial charge in [-0.25, -0.2) is 0 Å². The normalized spacial score (nSPS) is 26.2. The molecule has 3 aromatic carbocycles. The predicted octanol–water partition coefficient (Wildman–Crippen LogP) is 1.98. The van der Waals surface area contributed by atoms with Crippen LogP contribution in [0.5, 0.6) is 5.75 Å². The maximum absolute atomic E-state index is 14.2. The third-order valence-electron chi connectivity index (χ3n) is 9.82. The van der Waals surface area contributed by atoms with E-state index in [-0.39, 0.29) is 28.2 Å². The lowest BCUT2D eigenvalue weighted by molar-refractivity contribution is -0.169. The van der Waals surface area contributed by atoms with E-state index in [1.807, 2.05) is 0 Å². The lowest BCUT2D eigenvalue weighted by atomic mass is 9.54. The van der Waals surface area contributed by atoms with Crippen LogP contribution in [-0.2, 0) is 14.4 Å². The van der Waals surface area contributed by atoms with Crippen LogP contribution >= 0.6 is 0 Å². The number of benzene rings is 3. The number of nitrogens with zero attached hydrogens (tertiary/aromatic N) is 1. The van der Waals surface area contributed by atoms with Gasteiger partial charge in [-0.3, -0.25) is 28.9 Å². The topological polar surface area (TPSA) is 228 Å². The number of Topliss-reactive ketones (excluding diaryl/α,β-unsaturated/α-hetero) is 2. The highest BCUT2D eigenvalue weighted by Crippen LogP contribution is 2.56. The van der Waals surface area contributed by atoms with Crippen molar-refractivity contribution in [3.8, 4) is 5.75 Å². The highest BCUT2D eigenvalue weighted by molar-refractivity contribution is 6.24. The van der Waals surface area contributed by atoms with Crippen LogP contribution < -0.4 is 11.1 Å². The SMILES string of the molecule is C[C@H]1c2ccc(NC(=O)c3ccc(C(=O)c4ccccc4)cc3)c(O)c2C(O)=C2C(=O)[C@]3(O)C(O)=C(C(N)=O)C(=O)[C@H](N(C)C)[C@@H]3[C@H](O)[C@@H]21. The average Bonchev–Trinajstić information content (AvgIpc) is 3.07. The van der Waals surface area contributed by atoms with Crippen molar-refractivity contribution in [3.05, 3.63) is 111 Å². The van der Waals surface area contributed by atoms with E-state index in [0.717, 1.165) is 0 Å². The Labute approximate surface area is 279 Å². The lowest BCUT2D eigenvalue weighted by Crippen LogP contribution is -2.70. The molecule has 0 saturated heterocycles. The molecule has 0 bridgehead atoms. The van der Waals surface area contributed by atoms with Crippen molar-refractivity contribution in [2.24, 2.45) is 17.6 Å². The van der Waals surface area contributed by atoms with Gasteiger partial charge in [0.15, 0.2) is 17.2 Å². The minimum atomic E-state index is -3.04. The molecule has 6 rings (SSSR count). The van der Waals surface area contributed by atoms with Crippen LogP contribution in [0.15, 0.2) is 83.6 Å². The Bertz CT molecular complexity index is 2020. The van der Waals surface area contributed by atoms with Crippen molar-refractivity contribution in [2.75, 3.05) is 19.4 Å². The number of phenols is 1. The summed E-state index contributed by atoms with van der Waals surface area (Å²) in [6.45, 7) is 1.60. The third kappa shape index (κ3) is 4.85. The van der Waals surface area contributed by atoms with Gasteiger partial charge in [-0.1, -0.05) is 55.5 Å². The number of amides is 2. The number of likely N-dealkylation sites (N-methyl/N-ethyl adjacent to an activating group) is 1.